The summed E-state index contributed by atoms with van der Waals surface area (Å²) >= 11 is 0. The summed E-state index contributed by atoms with van der Waals surface area (Å²) in [6, 6.07) is 3.86. The van der Waals surface area contributed by atoms with E-state index in [0.717, 1.165) is 18.9 Å². The van der Waals surface area contributed by atoms with Gasteiger partial charge in [-0.25, -0.2) is 4.98 Å². The zero-order valence-electron chi connectivity index (χ0n) is 10.2. The third-order valence-corrected chi connectivity index (χ3v) is 3.21. The highest BCUT2D eigenvalue weighted by molar-refractivity contribution is 5.80. The predicted octanol–water partition coefficient (Wildman–Crippen LogP) is 2.25. The molecule has 1 aliphatic rings. The normalized spacial score (nSPS) is 20.4. The predicted molar refractivity (Wildman–Crippen MR) is 66.1 cm³/mol. The van der Waals surface area contributed by atoms with Crippen LogP contribution >= 0.6 is 0 Å². The van der Waals surface area contributed by atoms with Crippen molar-refractivity contribution in [1.29, 1.82) is 5.41 Å². The first-order valence-corrected chi connectivity index (χ1v) is 6.01. The van der Waals surface area contributed by atoms with Gasteiger partial charge in [-0.2, -0.15) is 13.2 Å². The van der Waals surface area contributed by atoms with Gasteiger partial charge in [0.2, 0.25) is 0 Å². The van der Waals surface area contributed by atoms with Gasteiger partial charge in [0.1, 0.15) is 11.5 Å². The molecule has 1 aromatic rings. The molecular weight excluding hydrogens is 257 g/mol. The van der Waals surface area contributed by atoms with E-state index in [0.29, 0.717) is 18.9 Å². The summed E-state index contributed by atoms with van der Waals surface area (Å²) in [7, 11) is 0. The lowest BCUT2D eigenvalue weighted by molar-refractivity contribution is -0.141. The molecule has 1 atom stereocenters. The maximum absolute atomic E-state index is 12.6. The summed E-state index contributed by atoms with van der Waals surface area (Å²) < 4.78 is 37.8. The Kier molecular flexibility index (Phi) is 3.64. The van der Waals surface area contributed by atoms with Gasteiger partial charge in [0.25, 0.3) is 0 Å². The lowest BCUT2D eigenvalue weighted by atomic mass is 9.97. The second-order valence-electron chi connectivity index (χ2n) is 4.62. The summed E-state index contributed by atoms with van der Waals surface area (Å²) in [5, 5.41) is 7.43. The molecule has 0 amide bonds. The van der Waals surface area contributed by atoms with Gasteiger partial charge >= 0.3 is 6.18 Å². The summed E-state index contributed by atoms with van der Waals surface area (Å²) in [5.74, 6) is 0.266. The number of nitrogens with zero attached hydrogens (tertiary/aromatic N) is 2. The van der Waals surface area contributed by atoms with Crippen molar-refractivity contribution in [3.8, 4) is 0 Å². The fraction of sp³-hybridized carbons (Fsp3) is 0.500. The Bertz CT molecular complexity index is 472. The molecule has 0 aliphatic carbocycles. The number of piperidine rings is 1. The molecule has 2 rings (SSSR count). The topological polar surface area (TPSA) is 66.0 Å². The zero-order valence-corrected chi connectivity index (χ0v) is 10.2. The SMILES string of the molecule is N=C(N)C1CCCN(c2cccc(C(F)(F)F)n2)C1. The molecule has 2 heterocycles. The van der Waals surface area contributed by atoms with Crippen molar-refractivity contribution in [2.75, 3.05) is 18.0 Å². The second kappa shape index (κ2) is 5.07. The van der Waals surface area contributed by atoms with Gasteiger partial charge in [-0.05, 0) is 25.0 Å². The van der Waals surface area contributed by atoms with E-state index in [1.807, 2.05) is 0 Å². The maximum atomic E-state index is 12.6. The Labute approximate surface area is 108 Å². The molecule has 0 aromatic carbocycles. The van der Waals surface area contributed by atoms with Gasteiger partial charge < -0.3 is 10.6 Å². The fourth-order valence-corrected chi connectivity index (χ4v) is 2.20. The van der Waals surface area contributed by atoms with Crippen LogP contribution in [0.2, 0.25) is 0 Å². The molecule has 19 heavy (non-hydrogen) atoms. The molecule has 0 bridgehead atoms. The third kappa shape index (κ3) is 3.15. The lowest BCUT2D eigenvalue weighted by Crippen LogP contribution is -2.41. The van der Waals surface area contributed by atoms with Crippen LogP contribution in [0.25, 0.3) is 0 Å². The first-order valence-electron chi connectivity index (χ1n) is 6.01. The molecule has 0 saturated carbocycles. The highest BCUT2D eigenvalue weighted by atomic mass is 19.4. The van der Waals surface area contributed by atoms with Gasteiger partial charge in [0.15, 0.2) is 0 Å². The van der Waals surface area contributed by atoms with Crippen molar-refractivity contribution >= 4 is 11.7 Å². The van der Waals surface area contributed by atoms with E-state index >= 15 is 0 Å². The Morgan fingerprint density at radius 1 is 1.42 bits per heavy atom. The minimum atomic E-state index is -4.44. The Hall–Kier alpha value is -1.79. The molecule has 104 valence electrons. The molecule has 0 spiro atoms. The van der Waals surface area contributed by atoms with Crippen molar-refractivity contribution in [3.63, 3.8) is 0 Å². The Morgan fingerprint density at radius 2 is 2.16 bits per heavy atom. The second-order valence-corrected chi connectivity index (χ2v) is 4.62. The van der Waals surface area contributed by atoms with Gasteiger partial charge in [0, 0.05) is 19.0 Å². The molecule has 7 heteroatoms. The smallest absolute Gasteiger partial charge is 0.387 e. The van der Waals surface area contributed by atoms with E-state index in [1.54, 1.807) is 11.0 Å². The van der Waals surface area contributed by atoms with Crippen LogP contribution < -0.4 is 10.6 Å². The van der Waals surface area contributed by atoms with Gasteiger partial charge in [-0.15, -0.1) is 0 Å². The summed E-state index contributed by atoms with van der Waals surface area (Å²) in [6.07, 6.45) is -2.85. The molecule has 4 nitrogen and oxygen atoms in total. The summed E-state index contributed by atoms with van der Waals surface area (Å²) in [5.41, 5.74) is 4.57. The van der Waals surface area contributed by atoms with E-state index in [-0.39, 0.29) is 11.8 Å². The van der Waals surface area contributed by atoms with Gasteiger partial charge in [0.05, 0.1) is 5.84 Å². The minimum Gasteiger partial charge on any atom is -0.387 e. The first-order chi connectivity index (χ1) is 8.88. The monoisotopic (exact) mass is 272 g/mol. The van der Waals surface area contributed by atoms with Crippen molar-refractivity contribution < 1.29 is 13.2 Å². The van der Waals surface area contributed by atoms with Gasteiger partial charge in [-0.3, -0.25) is 5.41 Å². The number of amidine groups is 1. The Morgan fingerprint density at radius 3 is 2.79 bits per heavy atom. The molecule has 1 unspecified atom stereocenters. The number of hydrogen-bond acceptors (Lipinski definition) is 3. The van der Waals surface area contributed by atoms with Crippen LogP contribution in [-0.2, 0) is 6.18 Å². The zero-order chi connectivity index (χ0) is 14.0. The number of nitrogens with two attached hydrogens (primary N) is 1. The highest BCUT2D eigenvalue weighted by Gasteiger charge is 2.33. The summed E-state index contributed by atoms with van der Waals surface area (Å²) in [6.45, 7) is 1.09. The van der Waals surface area contributed by atoms with Crippen LogP contribution in [0.15, 0.2) is 18.2 Å². The molecule has 1 aromatic heterocycles. The largest absolute Gasteiger partial charge is 0.433 e. The van der Waals surface area contributed by atoms with E-state index in [9.17, 15) is 13.2 Å². The van der Waals surface area contributed by atoms with Crippen LogP contribution in [-0.4, -0.2) is 23.9 Å². The van der Waals surface area contributed by atoms with Crippen LogP contribution in [0, 0.1) is 11.3 Å². The van der Waals surface area contributed by atoms with Crippen LogP contribution in [0.5, 0.6) is 0 Å². The number of anilines is 1. The molecule has 1 fully saturated rings. The fourth-order valence-electron chi connectivity index (χ4n) is 2.20. The molecule has 1 aliphatic heterocycles. The maximum Gasteiger partial charge on any atom is 0.433 e. The number of pyridine rings is 1. The lowest BCUT2D eigenvalue weighted by Gasteiger charge is -2.33. The summed E-state index contributed by atoms with van der Waals surface area (Å²) in [4.78, 5) is 5.41. The number of rotatable bonds is 2. The number of halogens is 3. The highest BCUT2D eigenvalue weighted by Crippen LogP contribution is 2.30. The average Bonchev–Trinajstić information content (AvgIpc) is 2.38. The average molecular weight is 272 g/mol. The van der Waals surface area contributed by atoms with E-state index in [4.69, 9.17) is 11.1 Å². The third-order valence-electron chi connectivity index (χ3n) is 3.21. The quantitative estimate of drug-likeness (QED) is 0.641. The van der Waals surface area contributed by atoms with Crippen molar-refractivity contribution in [1.82, 2.24) is 4.98 Å². The number of aromatic nitrogens is 1. The van der Waals surface area contributed by atoms with Crippen LogP contribution in [0.3, 0.4) is 0 Å². The van der Waals surface area contributed by atoms with Gasteiger partial charge in [-0.1, -0.05) is 6.07 Å². The van der Waals surface area contributed by atoms with E-state index in [1.165, 1.54) is 6.07 Å². The number of nitrogens with one attached hydrogen (secondary N) is 1. The first kappa shape index (κ1) is 13.6. The van der Waals surface area contributed by atoms with Crippen LogP contribution in [0.1, 0.15) is 18.5 Å². The molecule has 1 saturated heterocycles. The standard InChI is InChI=1S/C12H15F3N4/c13-12(14,15)9-4-1-5-10(18-9)19-6-2-3-8(7-19)11(16)17/h1,4-5,8H,2-3,6-7H2,(H3,16,17). The van der Waals surface area contributed by atoms with Crippen molar-refractivity contribution in [2.24, 2.45) is 11.7 Å². The van der Waals surface area contributed by atoms with Crippen molar-refractivity contribution in [3.05, 3.63) is 23.9 Å². The minimum absolute atomic E-state index is 0.0803. The molecule has 0 radical (unpaired) electrons. The van der Waals surface area contributed by atoms with Crippen LogP contribution in [0.4, 0.5) is 19.0 Å². The number of alkyl halides is 3. The van der Waals surface area contributed by atoms with E-state index in [2.05, 4.69) is 4.98 Å². The molecule has 3 N–H and O–H groups in total. The van der Waals surface area contributed by atoms with Crippen molar-refractivity contribution in [2.45, 2.75) is 19.0 Å². The van der Waals surface area contributed by atoms with E-state index < -0.39 is 11.9 Å². The molecular formula is C12H15F3N4. The number of hydrogen-bond donors (Lipinski definition) is 2. The Balaban J connectivity index is 2.20.